The van der Waals surface area contributed by atoms with Crippen LogP contribution in [0, 0.1) is 5.92 Å². The molecule has 4 heterocycles. The molecular formula is C42H46N6O11. The molecule has 59 heavy (non-hydrogen) atoms. The van der Waals surface area contributed by atoms with Crippen LogP contribution in [0.15, 0.2) is 77.8 Å². The summed E-state index contributed by atoms with van der Waals surface area (Å²) in [7, 11) is 0. The van der Waals surface area contributed by atoms with E-state index in [4.69, 9.17) is 14.5 Å². The van der Waals surface area contributed by atoms with Crippen LogP contribution in [0.1, 0.15) is 66.1 Å². The zero-order valence-electron chi connectivity index (χ0n) is 32.3. The number of nitrogens with one attached hydrogen (secondary N) is 3. The van der Waals surface area contributed by atoms with Gasteiger partial charge in [-0.25, -0.2) is 4.99 Å². The Balaban J connectivity index is 1.03. The van der Waals surface area contributed by atoms with Crippen molar-refractivity contribution < 1.29 is 53.6 Å². The van der Waals surface area contributed by atoms with E-state index in [9.17, 15) is 44.1 Å². The van der Waals surface area contributed by atoms with E-state index in [0.29, 0.717) is 34.8 Å². The fourth-order valence-corrected chi connectivity index (χ4v) is 8.12. The summed E-state index contributed by atoms with van der Waals surface area (Å²) in [5.74, 6) is -4.12. The first-order valence-corrected chi connectivity index (χ1v) is 19.5. The highest BCUT2D eigenvalue weighted by Gasteiger charge is 2.48. The molecule has 5 amide bonds. The van der Waals surface area contributed by atoms with Crippen molar-refractivity contribution in [3.05, 3.63) is 95.1 Å². The number of fused-ring (bicyclic) bond motifs is 4. The number of ether oxygens (including phenoxy) is 2. The number of carboxylic acids is 1. The number of anilines is 1. The lowest BCUT2D eigenvalue weighted by Gasteiger charge is -2.44. The zero-order valence-corrected chi connectivity index (χ0v) is 32.3. The smallest absolute Gasteiger partial charge is 0.303 e. The second-order valence-electron chi connectivity index (χ2n) is 15.1. The first-order valence-electron chi connectivity index (χ1n) is 19.5. The number of amides is 5. The lowest BCUT2D eigenvalue weighted by Crippen LogP contribution is -2.62. The third kappa shape index (κ3) is 9.02. The van der Waals surface area contributed by atoms with Crippen molar-refractivity contribution in [2.45, 2.75) is 88.8 Å². The molecule has 17 heteroatoms. The number of aliphatic carboxylic acids is 1. The van der Waals surface area contributed by atoms with Crippen molar-refractivity contribution in [1.29, 1.82) is 0 Å². The van der Waals surface area contributed by atoms with Gasteiger partial charge >= 0.3 is 5.97 Å². The summed E-state index contributed by atoms with van der Waals surface area (Å²) in [6.07, 6.45) is -3.97. The molecule has 1 unspecified atom stereocenters. The first kappa shape index (κ1) is 41.2. The maximum absolute atomic E-state index is 14.0. The van der Waals surface area contributed by atoms with Crippen LogP contribution in [0.25, 0.3) is 0 Å². The van der Waals surface area contributed by atoms with E-state index >= 15 is 0 Å². The van der Waals surface area contributed by atoms with Gasteiger partial charge in [0.1, 0.15) is 24.0 Å². The molecule has 2 fully saturated rings. The summed E-state index contributed by atoms with van der Waals surface area (Å²) in [5, 5.41) is 39.0. The van der Waals surface area contributed by atoms with E-state index < -0.39 is 85.2 Å². The minimum Gasteiger partial charge on any atom is -0.481 e. The SMILES string of the molecule is CC(=O)N[C@@H]1[C@@H](OCc2ccccc2)O[C@H](CO)[C@@H](O)[C@@H]1CC(=O)N1CCCC1C(=O)N[C@H](CCC(=O)O)C(=O)Nc1ccc2c(c1)CN1C(=O)c3ccccc3C1=N2. The van der Waals surface area contributed by atoms with Crippen LogP contribution in [0.5, 0.6) is 0 Å². The molecule has 310 valence electrons. The Morgan fingerprint density at radius 2 is 1.76 bits per heavy atom. The molecule has 0 spiro atoms. The molecule has 17 nitrogen and oxygen atoms in total. The van der Waals surface area contributed by atoms with Gasteiger partial charge in [0.15, 0.2) is 6.29 Å². The normalized spacial score (nSPS) is 23.6. The average molecular weight is 811 g/mol. The van der Waals surface area contributed by atoms with Crippen molar-refractivity contribution in [3.8, 4) is 0 Å². The van der Waals surface area contributed by atoms with E-state index in [1.807, 2.05) is 42.5 Å². The number of benzene rings is 3. The molecule has 6 N–H and O–H groups in total. The quantitative estimate of drug-likeness (QED) is 0.137. The molecule has 0 aliphatic carbocycles. The van der Waals surface area contributed by atoms with E-state index in [1.54, 1.807) is 35.2 Å². The number of aliphatic imine (C=N–C) groups is 1. The van der Waals surface area contributed by atoms with E-state index in [2.05, 4.69) is 16.0 Å². The molecule has 0 bridgehead atoms. The number of nitrogens with zero attached hydrogens (tertiary/aromatic N) is 3. The Bertz CT molecular complexity index is 2150. The summed E-state index contributed by atoms with van der Waals surface area (Å²) in [4.78, 5) is 86.2. The topological polar surface area (TPSA) is 236 Å². The van der Waals surface area contributed by atoms with Crippen molar-refractivity contribution in [2.24, 2.45) is 10.9 Å². The highest BCUT2D eigenvalue weighted by atomic mass is 16.7. The molecule has 0 aromatic heterocycles. The van der Waals surface area contributed by atoms with Gasteiger partial charge in [-0.1, -0.05) is 48.5 Å². The first-order chi connectivity index (χ1) is 28.4. The lowest BCUT2D eigenvalue weighted by molar-refractivity contribution is -0.263. The third-order valence-corrected chi connectivity index (χ3v) is 11.1. The van der Waals surface area contributed by atoms with Gasteiger partial charge in [0, 0.05) is 43.5 Å². The van der Waals surface area contributed by atoms with Crippen LogP contribution in [-0.2, 0) is 46.6 Å². The summed E-state index contributed by atoms with van der Waals surface area (Å²) in [6, 6.07) is 18.1. The Morgan fingerprint density at radius 3 is 2.49 bits per heavy atom. The number of hydrogen-bond donors (Lipinski definition) is 6. The predicted octanol–water partition coefficient (Wildman–Crippen LogP) is 1.82. The second kappa shape index (κ2) is 17.9. The van der Waals surface area contributed by atoms with Crippen molar-refractivity contribution in [1.82, 2.24) is 20.4 Å². The molecule has 7 atom stereocenters. The largest absolute Gasteiger partial charge is 0.481 e. The van der Waals surface area contributed by atoms with Gasteiger partial charge in [-0.2, -0.15) is 0 Å². The molecule has 0 saturated carbocycles. The van der Waals surface area contributed by atoms with Crippen LogP contribution in [-0.4, -0.2) is 116 Å². The monoisotopic (exact) mass is 810 g/mol. The number of hydrogen-bond acceptors (Lipinski definition) is 11. The molecule has 3 aromatic carbocycles. The Labute approximate surface area is 339 Å². The molecule has 7 rings (SSSR count). The maximum Gasteiger partial charge on any atom is 0.303 e. The molecular weight excluding hydrogens is 764 g/mol. The lowest BCUT2D eigenvalue weighted by atomic mass is 9.84. The summed E-state index contributed by atoms with van der Waals surface area (Å²) in [6.45, 7) is 1.17. The van der Waals surface area contributed by atoms with Gasteiger partial charge in [-0.3, -0.25) is 33.7 Å². The molecule has 4 aliphatic heterocycles. The molecule has 2 saturated heterocycles. The highest BCUT2D eigenvalue weighted by Crippen LogP contribution is 2.36. The third-order valence-electron chi connectivity index (χ3n) is 11.1. The number of carboxylic acid groups (broad SMARTS) is 1. The predicted molar refractivity (Wildman–Crippen MR) is 210 cm³/mol. The van der Waals surface area contributed by atoms with Gasteiger partial charge in [0.25, 0.3) is 5.91 Å². The molecule has 0 radical (unpaired) electrons. The van der Waals surface area contributed by atoms with Gasteiger partial charge in [0.05, 0.1) is 43.2 Å². The Hall–Kier alpha value is -6.01. The molecule has 4 aliphatic rings. The summed E-state index contributed by atoms with van der Waals surface area (Å²) < 4.78 is 11.9. The highest BCUT2D eigenvalue weighted by molar-refractivity contribution is 6.24. The van der Waals surface area contributed by atoms with Crippen LogP contribution < -0.4 is 16.0 Å². The maximum atomic E-state index is 14.0. The standard InChI is InChI=1S/C42H46N6O11/c1-23(50)43-36-29(37(54)33(21-49)59-42(36)58-22-24-8-3-2-4-9-24)19-34(51)47-17-7-12-32(47)40(56)46-31(15-16-35(52)53)39(55)44-26-13-14-30-25(18-26)20-48-38(45-30)27-10-5-6-11-28(27)41(48)57/h2-6,8-11,13-14,18,29,31-33,36-37,42,49,54H,7,12,15-17,19-22H2,1H3,(H,43,50)(H,44,55)(H,46,56)(H,52,53)/t29-,31-,32?,33-,36+,37+,42+/m1/s1. The fourth-order valence-electron chi connectivity index (χ4n) is 8.12. The minimum atomic E-state index is -1.39. The number of rotatable bonds is 14. The van der Waals surface area contributed by atoms with E-state index in [0.717, 1.165) is 11.1 Å². The zero-order chi connectivity index (χ0) is 41.8. The van der Waals surface area contributed by atoms with Gasteiger partial charge in [0.2, 0.25) is 23.6 Å². The number of aliphatic hydroxyl groups is 2. The van der Waals surface area contributed by atoms with Crippen molar-refractivity contribution in [2.75, 3.05) is 18.5 Å². The van der Waals surface area contributed by atoms with Crippen molar-refractivity contribution in [3.63, 3.8) is 0 Å². The van der Waals surface area contributed by atoms with Crippen LogP contribution >= 0.6 is 0 Å². The number of amidine groups is 1. The van der Waals surface area contributed by atoms with E-state index in [1.165, 1.54) is 11.8 Å². The van der Waals surface area contributed by atoms with Crippen LogP contribution in [0.4, 0.5) is 11.4 Å². The van der Waals surface area contributed by atoms with Gasteiger partial charge in [-0.15, -0.1) is 0 Å². The number of carbonyl (C=O) groups is 6. The van der Waals surface area contributed by atoms with Crippen LogP contribution in [0.3, 0.4) is 0 Å². The molecule has 3 aromatic rings. The van der Waals surface area contributed by atoms with Gasteiger partial charge in [-0.05, 0) is 54.7 Å². The number of carbonyl (C=O) groups excluding carboxylic acids is 5. The minimum absolute atomic E-state index is 0.0816. The fraction of sp³-hybridized carbons (Fsp3) is 0.405. The number of likely N-dealkylation sites (tertiary alicyclic amines) is 1. The number of aliphatic hydroxyl groups excluding tert-OH is 2. The second-order valence-corrected chi connectivity index (χ2v) is 15.1. The van der Waals surface area contributed by atoms with E-state index in [-0.39, 0.29) is 44.9 Å². The van der Waals surface area contributed by atoms with Crippen molar-refractivity contribution >= 4 is 52.7 Å². The summed E-state index contributed by atoms with van der Waals surface area (Å²) in [5.41, 5.74) is 3.74. The average Bonchev–Trinajstić information content (AvgIpc) is 3.83. The Kier molecular flexibility index (Phi) is 12.5. The Morgan fingerprint density at radius 1 is 1.02 bits per heavy atom. The van der Waals surface area contributed by atoms with Gasteiger partial charge < -0.3 is 45.6 Å². The van der Waals surface area contributed by atoms with Crippen LogP contribution in [0.2, 0.25) is 0 Å². The summed E-state index contributed by atoms with van der Waals surface area (Å²) >= 11 is 0.